The summed E-state index contributed by atoms with van der Waals surface area (Å²) in [6.45, 7) is 6.27. The Morgan fingerprint density at radius 3 is 2.62 bits per heavy atom. The summed E-state index contributed by atoms with van der Waals surface area (Å²) in [5.41, 5.74) is 2.11. The van der Waals surface area contributed by atoms with Gasteiger partial charge in [0.25, 0.3) is 0 Å². The van der Waals surface area contributed by atoms with Crippen molar-refractivity contribution < 1.29 is 4.79 Å². The van der Waals surface area contributed by atoms with Gasteiger partial charge in [0, 0.05) is 17.9 Å². The Morgan fingerprint density at radius 1 is 1.08 bits per heavy atom. The first kappa shape index (κ1) is 14.9. The highest BCUT2D eigenvalue weighted by Crippen LogP contribution is 2.40. The number of carbonyl (C=O) groups is 1. The van der Waals surface area contributed by atoms with E-state index in [1.165, 1.54) is 16.3 Å². The molecule has 0 saturated heterocycles. The van der Waals surface area contributed by atoms with Gasteiger partial charge in [-0.1, -0.05) is 42.5 Å². The molecule has 2 aromatic carbocycles. The first-order chi connectivity index (χ1) is 11.4. The van der Waals surface area contributed by atoms with Crippen molar-refractivity contribution in [3.8, 4) is 0 Å². The van der Waals surface area contributed by atoms with E-state index in [4.69, 9.17) is 0 Å². The van der Waals surface area contributed by atoms with Crippen LogP contribution in [0.25, 0.3) is 10.8 Å². The molecule has 1 N–H and O–H groups in total. The number of nitrogens with zero attached hydrogens (tertiary/aromatic N) is 2. The lowest BCUT2D eigenvalue weighted by atomic mass is 9.84. The Hall–Kier alpha value is -2.62. The van der Waals surface area contributed by atoms with E-state index in [2.05, 4.69) is 61.5 Å². The van der Waals surface area contributed by atoms with Crippen molar-refractivity contribution >= 4 is 22.5 Å². The fraction of sp³-hybridized carbons (Fsp3) is 0.300. The highest BCUT2D eigenvalue weighted by Gasteiger charge is 2.33. The van der Waals surface area contributed by atoms with Crippen LogP contribution >= 0.6 is 0 Å². The van der Waals surface area contributed by atoms with Crippen molar-refractivity contribution in [3.63, 3.8) is 0 Å². The molecule has 0 bridgehead atoms. The highest BCUT2D eigenvalue weighted by molar-refractivity contribution is 5.96. The molecule has 2 heterocycles. The molecule has 4 nitrogen and oxygen atoms in total. The predicted molar refractivity (Wildman–Crippen MR) is 96.3 cm³/mol. The van der Waals surface area contributed by atoms with E-state index in [1.54, 1.807) is 0 Å². The van der Waals surface area contributed by atoms with E-state index in [9.17, 15) is 4.79 Å². The lowest BCUT2D eigenvalue weighted by Crippen LogP contribution is -2.30. The van der Waals surface area contributed by atoms with E-state index in [0.717, 1.165) is 11.4 Å². The van der Waals surface area contributed by atoms with E-state index in [-0.39, 0.29) is 17.4 Å². The Balaban J connectivity index is 1.92. The van der Waals surface area contributed by atoms with E-state index in [1.807, 2.05) is 23.0 Å². The fourth-order valence-corrected chi connectivity index (χ4v) is 3.56. The van der Waals surface area contributed by atoms with Crippen LogP contribution in [-0.2, 0) is 10.3 Å². The Kier molecular flexibility index (Phi) is 3.23. The zero-order valence-electron chi connectivity index (χ0n) is 14.2. The van der Waals surface area contributed by atoms with E-state index < -0.39 is 0 Å². The second-order valence-electron chi connectivity index (χ2n) is 7.40. The molecule has 4 rings (SSSR count). The molecule has 0 saturated carbocycles. The molecule has 0 aliphatic carbocycles. The van der Waals surface area contributed by atoms with Crippen molar-refractivity contribution in [3.05, 3.63) is 59.8 Å². The lowest BCUT2D eigenvalue weighted by Gasteiger charge is -2.28. The Labute approximate surface area is 141 Å². The second-order valence-corrected chi connectivity index (χ2v) is 7.40. The van der Waals surface area contributed by atoms with E-state index in [0.29, 0.717) is 6.42 Å². The molecule has 1 aromatic heterocycles. The maximum absolute atomic E-state index is 12.4. The molecule has 1 amide bonds. The van der Waals surface area contributed by atoms with Crippen LogP contribution in [0.15, 0.2) is 48.7 Å². The summed E-state index contributed by atoms with van der Waals surface area (Å²) in [4.78, 5) is 12.4. The first-order valence-electron chi connectivity index (χ1n) is 8.31. The van der Waals surface area contributed by atoms with Crippen molar-refractivity contribution in [2.45, 2.75) is 38.6 Å². The minimum Gasteiger partial charge on any atom is -0.311 e. The summed E-state index contributed by atoms with van der Waals surface area (Å²) in [6.07, 6.45) is 2.36. The molecule has 4 heteroatoms. The second kappa shape index (κ2) is 5.20. The summed E-state index contributed by atoms with van der Waals surface area (Å²) in [7, 11) is 0. The number of fused-ring (bicyclic) bond motifs is 2. The number of rotatable bonds is 1. The maximum Gasteiger partial charge on any atom is 0.226 e. The van der Waals surface area contributed by atoms with Gasteiger partial charge in [-0.25, -0.2) is 4.68 Å². The van der Waals surface area contributed by atoms with Crippen LogP contribution in [0.3, 0.4) is 0 Å². The SMILES string of the molecule is CC(C)(C)n1ncc2c1NC(=O)CC2c1cccc2ccccc12. The molecule has 122 valence electrons. The van der Waals surface area contributed by atoms with Crippen molar-refractivity contribution in [1.82, 2.24) is 9.78 Å². The van der Waals surface area contributed by atoms with Crippen LogP contribution in [0.5, 0.6) is 0 Å². The molecule has 1 unspecified atom stereocenters. The highest BCUT2D eigenvalue weighted by atomic mass is 16.1. The minimum atomic E-state index is -0.179. The van der Waals surface area contributed by atoms with Crippen LogP contribution in [0.2, 0.25) is 0 Å². The van der Waals surface area contributed by atoms with Gasteiger partial charge < -0.3 is 5.32 Å². The topological polar surface area (TPSA) is 46.9 Å². The smallest absolute Gasteiger partial charge is 0.226 e. The van der Waals surface area contributed by atoms with Gasteiger partial charge in [-0.05, 0) is 37.1 Å². The van der Waals surface area contributed by atoms with Crippen LogP contribution in [-0.4, -0.2) is 15.7 Å². The van der Waals surface area contributed by atoms with Gasteiger partial charge in [0.2, 0.25) is 5.91 Å². The standard InChI is InChI=1S/C20H21N3O/c1-20(2,3)23-19-17(12-21-23)16(11-18(24)22-19)15-10-6-8-13-7-4-5-9-14(13)15/h4-10,12,16H,11H2,1-3H3,(H,22,24). The number of hydrogen-bond donors (Lipinski definition) is 1. The third-order valence-corrected chi connectivity index (χ3v) is 4.65. The predicted octanol–water partition coefficient (Wildman–Crippen LogP) is 4.27. The minimum absolute atomic E-state index is 0.0379. The number of carbonyl (C=O) groups excluding carboxylic acids is 1. The van der Waals surface area contributed by atoms with Gasteiger partial charge in [-0.2, -0.15) is 5.10 Å². The fourth-order valence-electron chi connectivity index (χ4n) is 3.56. The van der Waals surface area contributed by atoms with E-state index >= 15 is 0 Å². The van der Waals surface area contributed by atoms with Gasteiger partial charge in [0.05, 0.1) is 11.7 Å². The normalized spacial score (nSPS) is 17.6. The zero-order chi connectivity index (χ0) is 16.9. The molecular formula is C20H21N3O. The number of aromatic nitrogens is 2. The molecule has 1 atom stereocenters. The summed E-state index contributed by atoms with van der Waals surface area (Å²) >= 11 is 0. The molecule has 3 aromatic rings. The Morgan fingerprint density at radius 2 is 1.83 bits per heavy atom. The third-order valence-electron chi connectivity index (χ3n) is 4.65. The molecule has 0 spiro atoms. The molecule has 24 heavy (non-hydrogen) atoms. The van der Waals surface area contributed by atoms with Gasteiger partial charge in [-0.3, -0.25) is 4.79 Å². The number of hydrogen-bond acceptors (Lipinski definition) is 2. The lowest BCUT2D eigenvalue weighted by molar-refractivity contribution is -0.116. The monoisotopic (exact) mass is 319 g/mol. The molecular weight excluding hydrogens is 298 g/mol. The van der Waals surface area contributed by atoms with Crippen molar-refractivity contribution in [2.75, 3.05) is 5.32 Å². The number of nitrogens with one attached hydrogen (secondary N) is 1. The average Bonchev–Trinajstić information content (AvgIpc) is 2.97. The summed E-state index contributed by atoms with van der Waals surface area (Å²) in [5, 5.41) is 9.99. The number of amides is 1. The largest absolute Gasteiger partial charge is 0.311 e. The average molecular weight is 319 g/mol. The van der Waals surface area contributed by atoms with Gasteiger partial charge in [0.1, 0.15) is 5.82 Å². The summed E-state index contributed by atoms with van der Waals surface area (Å²) < 4.78 is 1.91. The molecule has 0 fully saturated rings. The molecule has 1 aliphatic rings. The molecule has 1 aliphatic heterocycles. The number of benzene rings is 2. The first-order valence-corrected chi connectivity index (χ1v) is 8.31. The van der Waals surface area contributed by atoms with Crippen molar-refractivity contribution in [1.29, 1.82) is 0 Å². The van der Waals surface area contributed by atoms with Crippen LogP contribution in [0.1, 0.15) is 44.2 Å². The van der Waals surface area contributed by atoms with Crippen LogP contribution in [0.4, 0.5) is 5.82 Å². The van der Waals surface area contributed by atoms with Crippen molar-refractivity contribution in [2.24, 2.45) is 0 Å². The van der Waals surface area contributed by atoms with Crippen LogP contribution in [0, 0.1) is 0 Å². The third kappa shape index (κ3) is 2.30. The number of anilines is 1. The van der Waals surface area contributed by atoms with Gasteiger partial charge in [-0.15, -0.1) is 0 Å². The quantitative estimate of drug-likeness (QED) is 0.728. The van der Waals surface area contributed by atoms with Gasteiger partial charge >= 0.3 is 0 Å². The zero-order valence-corrected chi connectivity index (χ0v) is 14.2. The molecule has 0 radical (unpaired) electrons. The van der Waals surface area contributed by atoms with Gasteiger partial charge in [0.15, 0.2) is 0 Å². The maximum atomic E-state index is 12.4. The summed E-state index contributed by atoms with van der Waals surface area (Å²) in [5.74, 6) is 0.916. The Bertz CT molecular complexity index is 928. The van der Waals surface area contributed by atoms with Crippen LogP contribution < -0.4 is 5.32 Å². The summed E-state index contributed by atoms with van der Waals surface area (Å²) in [6, 6.07) is 14.6.